The zero-order valence-corrected chi connectivity index (χ0v) is 11.5. The number of benzene rings is 2. The summed E-state index contributed by atoms with van der Waals surface area (Å²) in [6.45, 7) is 2.76. The Kier molecular flexibility index (Phi) is 5.18. The number of carbonyl (C=O) groups excluding carboxylic acids is 1. The molecule has 0 bridgehead atoms. The van der Waals surface area contributed by atoms with Crippen molar-refractivity contribution >= 4 is 5.78 Å². The second-order valence-electron chi connectivity index (χ2n) is 4.31. The van der Waals surface area contributed by atoms with Crippen molar-refractivity contribution in [2.75, 3.05) is 13.2 Å². The summed E-state index contributed by atoms with van der Waals surface area (Å²) in [7, 11) is 0. The average molecular weight is 270 g/mol. The first-order chi connectivity index (χ1) is 9.79. The molecule has 0 heterocycles. The van der Waals surface area contributed by atoms with E-state index in [9.17, 15) is 4.79 Å². The second kappa shape index (κ2) is 7.34. The Labute approximate surface area is 119 Å². The van der Waals surface area contributed by atoms with Crippen LogP contribution in [0.25, 0.3) is 0 Å². The number of carbonyl (C=O) groups is 1. The number of ketones is 1. The largest absolute Gasteiger partial charge is 0.490 e. The SMILES string of the molecule is CCC(=O)c1cccc(OCCOc2ccccc2)c1. The Morgan fingerprint density at radius 3 is 2.25 bits per heavy atom. The Hall–Kier alpha value is -2.29. The molecule has 2 aromatic rings. The quantitative estimate of drug-likeness (QED) is 0.568. The van der Waals surface area contributed by atoms with E-state index in [1.165, 1.54) is 0 Å². The maximum Gasteiger partial charge on any atom is 0.162 e. The van der Waals surface area contributed by atoms with Crippen molar-refractivity contribution in [3.63, 3.8) is 0 Å². The summed E-state index contributed by atoms with van der Waals surface area (Å²) in [5.74, 6) is 1.64. The van der Waals surface area contributed by atoms with Gasteiger partial charge in [0.15, 0.2) is 5.78 Å². The molecule has 0 atom stereocenters. The Bertz CT molecular complexity index is 549. The molecule has 0 amide bonds. The van der Waals surface area contributed by atoms with Crippen LogP contribution >= 0.6 is 0 Å². The molecule has 0 aliphatic heterocycles. The average Bonchev–Trinajstić information content (AvgIpc) is 2.52. The lowest BCUT2D eigenvalue weighted by Gasteiger charge is -2.09. The molecule has 0 unspecified atom stereocenters. The lowest BCUT2D eigenvalue weighted by molar-refractivity contribution is 0.0987. The number of hydrogen-bond donors (Lipinski definition) is 0. The van der Waals surface area contributed by atoms with Gasteiger partial charge >= 0.3 is 0 Å². The molecule has 3 heteroatoms. The van der Waals surface area contributed by atoms with E-state index in [2.05, 4.69) is 0 Å². The smallest absolute Gasteiger partial charge is 0.162 e. The number of ether oxygens (including phenoxy) is 2. The topological polar surface area (TPSA) is 35.5 Å². The van der Waals surface area contributed by atoms with Gasteiger partial charge in [0.25, 0.3) is 0 Å². The normalized spacial score (nSPS) is 10.1. The van der Waals surface area contributed by atoms with Crippen molar-refractivity contribution in [3.05, 3.63) is 60.2 Å². The minimum absolute atomic E-state index is 0.121. The van der Waals surface area contributed by atoms with Gasteiger partial charge in [-0.05, 0) is 24.3 Å². The minimum Gasteiger partial charge on any atom is -0.490 e. The molecule has 104 valence electrons. The van der Waals surface area contributed by atoms with Gasteiger partial charge in [0, 0.05) is 12.0 Å². The first kappa shape index (κ1) is 14.1. The van der Waals surface area contributed by atoms with Gasteiger partial charge in [-0.15, -0.1) is 0 Å². The highest BCUT2D eigenvalue weighted by molar-refractivity contribution is 5.96. The molecule has 0 saturated carbocycles. The predicted octanol–water partition coefficient (Wildman–Crippen LogP) is 3.74. The second-order valence-corrected chi connectivity index (χ2v) is 4.31. The van der Waals surface area contributed by atoms with Crippen LogP contribution in [-0.4, -0.2) is 19.0 Å². The van der Waals surface area contributed by atoms with E-state index in [1.54, 1.807) is 12.1 Å². The molecule has 0 spiro atoms. The molecular weight excluding hydrogens is 252 g/mol. The van der Waals surface area contributed by atoms with Gasteiger partial charge in [0.1, 0.15) is 24.7 Å². The molecule has 0 aliphatic carbocycles. The number of para-hydroxylation sites is 1. The molecule has 20 heavy (non-hydrogen) atoms. The number of rotatable bonds is 7. The predicted molar refractivity (Wildman–Crippen MR) is 78.5 cm³/mol. The number of hydrogen-bond acceptors (Lipinski definition) is 3. The monoisotopic (exact) mass is 270 g/mol. The van der Waals surface area contributed by atoms with E-state index in [0.717, 1.165) is 5.75 Å². The fourth-order valence-corrected chi connectivity index (χ4v) is 1.80. The molecule has 0 N–H and O–H groups in total. The van der Waals surface area contributed by atoms with Crippen LogP contribution < -0.4 is 9.47 Å². The lowest BCUT2D eigenvalue weighted by atomic mass is 10.1. The summed E-state index contributed by atoms with van der Waals surface area (Å²) in [6.07, 6.45) is 0.501. The van der Waals surface area contributed by atoms with Crippen molar-refractivity contribution in [2.45, 2.75) is 13.3 Å². The van der Waals surface area contributed by atoms with Crippen LogP contribution in [-0.2, 0) is 0 Å². The molecule has 0 radical (unpaired) electrons. The summed E-state index contributed by atoms with van der Waals surface area (Å²) in [4.78, 5) is 11.6. The van der Waals surface area contributed by atoms with E-state index < -0.39 is 0 Å². The molecule has 0 aromatic heterocycles. The maximum atomic E-state index is 11.6. The highest BCUT2D eigenvalue weighted by Gasteiger charge is 2.04. The zero-order valence-electron chi connectivity index (χ0n) is 11.5. The molecule has 0 aliphatic rings. The van der Waals surface area contributed by atoms with E-state index in [1.807, 2.05) is 49.4 Å². The van der Waals surface area contributed by atoms with Crippen LogP contribution in [0.4, 0.5) is 0 Å². The van der Waals surface area contributed by atoms with Gasteiger partial charge in [-0.3, -0.25) is 4.79 Å². The van der Waals surface area contributed by atoms with Crippen molar-refractivity contribution < 1.29 is 14.3 Å². The molecule has 2 rings (SSSR count). The molecule has 0 fully saturated rings. The van der Waals surface area contributed by atoms with Crippen LogP contribution in [0.3, 0.4) is 0 Å². The minimum atomic E-state index is 0.121. The molecule has 2 aromatic carbocycles. The van der Waals surface area contributed by atoms with Crippen molar-refractivity contribution in [1.29, 1.82) is 0 Å². The van der Waals surface area contributed by atoms with E-state index in [0.29, 0.717) is 30.9 Å². The van der Waals surface area contributed by atoms with E-state index >= 15 is 0 Å². The first-order valence-corrected chi connectivity index (χ1v) is 6.73. The maximum absolute atomic E-state index is 11.6. The van der Waals surface area contributed by atoms with Crippen molar-refractivity contribution in [3.8, 4) is 11.5 Å². The summed E-state index contributed by atoms with van der Waals surface area (Å²) >= 11 is 0. The Balaban J connectivity index is 1.81. The van der Waals surface area contributed by atoms with Crippen molar-refractivity contribution in [2.24, 2.45) is 0 Å². The van der Waals surface area contributed by atoms with Crippen LogP contribution in [0.1, 0.15) is 23.7 Å². The number of Topliss-reactive ketones (excluding diaryl/α,β-unsaturated/α-hetero) is 1. The van der Waals surface area contributed by atoms with Crippen LogP contribution in [0, 0.1) is 0 Å². The first-order valence-electron chi connectivity index (χ1n) is 6.73. The van der Waals surface area contributed by atoms with Crippen LogP contribution in [0.2, 0.25) is 0 Å². The summed E-state index contributed by atoms with van der Waals surface area (Å²) in [5, 5.41) is 0. The molecule has 0 saturated heterocycles. The van der Waals surface area contributed by atoms with Gasteiger partial charge in [0.05, 0.1) is 0 Å². The summed E-state index contributed by atoms with van der Waals surface area (Å²) in [6, 6.07) is 16.9. The Morgan fingerprint density at radius 1 is 0.900 bits per heavy atom. The summed E-state index contributed by atoms with van der Waals surface area (Å²) in [5.41, 5.74) is 0.689. The van der Waals surface area contributed by atoms with Gasteiger partial charge in [-0.25, -0.2) is 0 Å². The Morgan fingerprint density at radius 2 is 1.55 bits per heavy atom. The van der Waals surface area contributed by atoms with Crippen LogP contribution in [0.5, 0.6) is 11.5 Å². The highest BCUT2D eigenvalue weighted by atomic mass is 16.5. The van der Waals surface area contributed by atoms with Gasteiger partial charge in [-0.1, -0.05) is 37.3 Å². The third-order valence-corrected chi connectivity index (χ3v) is 2.84. The zero-order chi connectivity index (χ0) is 14.2. The third-order valence-electron chi connectivity index (χ3n) is 2.84. The molecular formula is C17H18O3. The van der Waals surface area contributed by atoms with E-state index in [4.69, 9.17) is 9.47 Å². The third kappa shape index (κ3) is 4.12. The van der Waals surface area contributed by atoms with Crippen LogP contribution in [0.15, 0.2) is 54.6 Å². The van der Waals surface area contributed by atoms with Gasteiger partial charge in [0.2, 0.25) is 0 Å². The van der Waals surface area contributed by atoms with Gasteiger partial charge in [-0.2, -0.15) is 0 Å². The van der Waals surface area contributed by atoms with E-state index in [-0.39, 0.29) is 5.78 Å². The standard InChI is InChI=1S/C17H18O3/c1-2-17(18)14-7-6-10-16(13-14)20-12-11-19-15-8-4-3-5-9-15/h3-10,13H,2,11-12H2,1H3. The summed E-state index contributed by atoms with van der Waals surface area (Å²) < 4.78 is 11.1. The fraction of sp³-hybridized carbons (Fsp3) is 0.235. The van der Waals surface area contributed by atoms with Gasteiger partial charge < -0.3 is 9.47 Å². The highest BCUT2D eigenvalue weighted by Crippen LogP contribution is 2.15. The molecule has 3 nitrogen and oxygen atoms in total. The van der Waals surface area contributed by atoms with Crippen molar-refractivity contribution in [1.82, 2.24) is 0 Å². The fourth-order valence-electron chi connectivity index (χ4n) is 1.80. The lowest BCUT2D eigenvalue weighted by Crippen LogP contribution is -2.09.